The summed E-state index contributed by atoms with van der Waals surface area (Å²) in [5, 5.41) is 12.8. The lowest BCUT2D eigenvalue weighted by molar-refractivity contribution is 0.776. The fourth-order valence-corrected chi connectivity index (χ4v) is 4.41. The first-order chi connectivity index (χ1) is 15.0. The molecule has 0 bridgehead atoms. The lowest BCUT2D eigenvalue weighted by Crippen LogP contribution is -2.10. The van der Waals surface area contributed by atoms with Gasteiger partial charge in [-0.15, -0.1) is 0 Å². The number of benzene rings is 2. The van der Waals surface area contributed by atoms with Crippen LogP contribution in [0.3, 0.4) is 0 Å². The lowest BCUT2D eigenvalue weighted by atomic mass is 9.94. The minimum absolute atomic E-state index is 0.187. The van der Waals surface area contributed by atoms with Crippen molar-refractivity contribution < 1.29 is 0 Å². The Balaban J connectivity index is 1.76. The van der Waals surface area contributed by atoms with Crippen LogP contribution in [0.4, 0.5) is 5.69 Å². The van der Waals surface area contributed by atoms with Crippen LogP contribution in [-0.2, 0) is 13.5 Å². The van der Waals surface area contributed by atoms with E-state index in [4.69, 9.17) is 6.57 Å². The summed E-state index contributed by atoms with van der Waals surface area (Å²) < 4.78 is 1.84. The van der Waals surface area contributed by atoms with Gasteiger partial charge in [0.2, 0.25) is 0 Å². The highest BCUT2D eigenvalue weighted by molar-refractivity contribution is 5.93. The number of nitrogens with one attached hydrogen (secondary N) is 1. The molecule has 0 saturated heterocycles. The number of hydrogen-bond acceptors (Lipinski definition) is 3. The smallest absolute Gasteiger partial charge is 0.269 e. The van der Waals surface area contributed by atoms with Gasteiger partial charge in [0.25, 0.3) is 5.56 Å². The maximum atomic E-state index is 12.2. The van der Waals surface area contributed by atoms with E-state index in [0.29, 0.717) is 17.0 Å². The fraction of sp³-hybridized carbons (Fsp3) is 0.280. The first-order valence-corrected chi connectivity index (χ1v) is 10.6. The molecule has 0 radical (unpaired) electrons. The Bertz CT molecular complexity index is 1430. The minimum Gasteiger partial charge on any atom is -0.269 e. The molecular formula is C25H23N5O. The van der Waals surface area contributed by atoms with E-state index in [2.05, 4.69) is 32.3 Å². The molecule has 5 rings (SSSR count). The topological polar surface area (TPSA) is 67.9 Å². The highest BCUT2D eigenvalue weighted by Crippen LogP contribution is 2.46. The van der Waals surface area contributed by atoms with Gasteiger partial charge in [0, 0.05) is 23.6 Å². The number of fused-ring (bicyclic) bond motifs is 1. The van der Waals surface area contributed by atoms with Crippen LogP contribution in [0.2, 0.25) is 0 Å². The predicted molar refractivity (Wildman–Crippen MR) is 122 cm³/mol. The summed E-state index contributed by atoms with van der Waals surface area (Å²) in [5.74, 6) is 0.597. The summed E-state index contributed by atoms with van der Waals surface area (Å²) in [7, 11) is 1.91. The number of aromatic amines is 1. The van der Waals surface area contributed by atoms with Gasteiger partial charge >= 0.3 is 0 Å². The number of aromatic nitrogens is 4. The molecule has 6 heteroatoms. The van der Waals surface area contributed by atoms with Crippen molar-refractivity contribution in [3.05, 3.63) is 75.1 Å². The van der Waals surface area contributed by atoms with Crippen LogP contribution in [0.1, 0.15) is 42.5 Å². The molecule has 0 atom stereocenters. The maximum absolute atomic E-state index is 12.2. The third-order valence-corrected chi connectivity index (χ3v) is 6.19. The van der Waals surface area contributed by atoms with Crippen LogP contribution in [0, 0.1) is 13.5 Å². The zero-order valence-electron chi connectivity index (χ0n) is 17.9. The summed E-state index contributed by atoms with van der Waals surface area (Å²) >= 11 is 0. The molecule has 0 amide bonds. The molecule has 1 aliphatic carbocycles. The molecule has 1 fully saturated rings. The third kappa shape index (κ3) is 3.14. The van der Waals surface area contributed by atoms with Crippen LogP contribution in [-0.4, -0.2) is 20.0 Å². The van der Waals surface area contributed by atoms with Crippen LogP contribution in [0.25, 0.3) is 38.0 Å². The lowest BCUT2D eigenvalue weighted by Gasteiger charge is -2.14. The molecule has 2 aromatic carbocycles. The van der Waals surface area contributed by atoms with E-state index in [1.54, 1.807) is 0 Å². The van der Waals surface area contributed by atoms with Gasteiger partial charge in [-0.3, -0.25) is 9.48 Å². The summed E-state index contributed by atoms with van der Waals surface area (Å²) in [6.45, 7) is 11.8. The van der Waals surface area contributed by atoms with Gasteiger partial charge in [-0.25, -0.2) is 9.94 Å². The molecule has 0 unspecified atom stereocenters. The second kappa shape index (κ2) is 7.21. The molecule has 2 heterocycles. The maximum Gasteiger partial charge on any atom is 0.272 e. The number of hydrogen-bond donors (Lipinski definition) is 1. The Labute approximate surface area is 180 Å². The van der Waals surface area contributed by atoms with Crippen LogP contribution in [0.5, 0.6) is 0 Å². The van der Waals surface area contributed by atoms with E-state index < -0.39 is 0 Å². The quantitative estimate of drug-likeness (QED) is 0.466. The monoisotopic (exact) mass is 409 g/mol. The van der Waals surface area contributed by atoms with Gasteiger partial charge in [0.1, 0.15) is 0 Å². The van der Waals surface area contributed by atoms with Crippen molar-refractivity contribution >= 4 is 16.5 Å². The largest absolute Gasteiger partial charge is 0.272 e. The van der Waals surface area contributed by atoms with Gasteiger partial charge in [-0.2, -0.15) is 10.2 Å². The minimum atomic E-state index is -0.187. The summed E-state index contributed by atoms with van der Waals surface area (Å²) in [6.07, 6.45) is 4.98. The molecule has 6 nitrogen and oxygen atoms in total. The van der Waals surface area contributed by atoms with Gasteiger partial charge in [0.05, 0.1) is 29.5 Å². The molecule has 31 heavy (non-hydrogen) atoms. The van der Waals surface area contributed by atoms with E-state index in [9.17, 15) is 4.79 Å². The second-order valence-corrected chi connectivity index (χ2v) is 8.26. The Morgan fingerprint density at radius 3 is 2.71 bits per heavy atom. The van der Waals surface area contributed by atoms with Gasteiger partial charge < -0.3 is 0 Å². The van der Waals surface area contributed by atoms with E-state index in [0.717, 1.165) is 45.4 Å². The average molecular weight is 409 g/mol. The Morgan fingerprint density at radius 1 is 1.19 bits per heavy atom. The van der Waals surface area contributed by atoms with Gasteiger partial charge in [-0.05, 0) is 60.9 Å². The third-order valence-electron chi connectivity index (χ3n) is 6.19. The molecule has 1 N–H and O–H groups in total. The van der Waals surface area contributed by atoms with Crippen LogP contribution in [0.15, 0.2) is 41.3 Å². The highest BCUT2D eigenvalue weighted by Gasteiger charge is 2.26. The highest BCUT2D eigenvalue weighted by atomic mass is 16.1. The molecular weight excluding hydrogens is 386 g/mol. The van der Waals surface area contributed by atoms with Crippen molar-refractivity contribution in [3.63, 3.8) is 0 Å². The Kier molecular flexibility index (Phi) is 4.48. The van der Waals surface area contributed by atoms with E-state index in [1.165, 1.54) is 18.4 Å². The molecule has 4 aromatic rings. The zero-order valence-corrected chi connectivity index (χ0v) is 17.9. The van der Waals surface area contributed by atoms with Gasteiger partial charge in [0.15, 0.2) is 5.69 Å². The normalized spacial score (nSPS) is 13.5. The van der Waals surface area contributed by atoms with Crippen molar-refractivity contribution in [1.29, 1.82) is 0 Å². The Hall–Kier alpha value is -3.72. The standard InChI is InChI=1S/C25H23N5O/c1-5-22-19-11-16(8-9-18(19)25(31)29-28-22)21-13-27-30(4)24(21)20-12-17(15-6-7-15)10-14(2)23(20)26-3/h8-13,15H,5-7H2,1-2,4H3,(H,29,31). The van der Waals surface area contributed by atoms with Crippen molar-refractivity contribution in [2.45, 2.75) is 39.0 Å². The van der Waals surface area contributed by atoms with Crippen molar-refractivity contribution in [1.82, 2.24) is 20.0 Å². The van der Waals surface area contributed by atoms with E-state index in [-0.39, 0.29) is 5.56 Å². The number of aryl methyl sites for hydroxylation is 3. The van der Waals surface area contributed by atoms with Gasteiger partial charge in [-0.1, -0.05) is 25.1 Å². The fourth-order valence-electron chi connectivity index (χ4n) is 4.41. The van der Waals surface area contributed by atoms with E-state index >= 15 is 0 Å². The molecule has 154 valence electrons. The summed E-state index contributed by atoms with van der Waals surface area (Å²) in [6, 6.07) is 10.1. The van der Waals surface area contributed by atoms with Crippen molar-refractivity contribution in [2.75, 3.05) is 0 Å². The molecule has 0 aliphatic heterocycles. The van der Waals surface area contributed by atoms with Crippen molar-refractivity contribution in [2.24, 2.45) is 7.05 Å². The van der Waals surface area contributed by atoms with Crippen molar-refractivity contribution in [3.8, 4) is 22.4 Å². The molecule has 2 aromatic heterocycles. The predicted octanol–water partition coefficient (Wildman–Crippen LogP) is 5.29. The summed E-state index contributed by atoms with van der Waals surface area (Å²) in [4.78, 5) is 16.1. The van der Waals surface area contributed by atoms with E-state index in [1.807, 2.05) is 50.0 Å². The van der Waals surface area contributed by atoms with Crippen LogP contribution >= 0.6 is 0 Å². The summed E-state index contributed by atoms with van der Waals surface area (Å²) in [5.41, 5.74) is 7.40. The number of H-pyrrole nitrogens is 1. The zero-order chi connectivity index (χ0) is 21.7. The average Bonchev–Trinajstić information content (AvgIpc) is 3.55. The molecule has 1 saturated carbocycles. The SMILES string of the molecule is [C-]#[N+]c1c(C)cc(C2CC2)cc1-c1c(-c2ccc3c(=O)[nH]nc(CC)c3c2)cnn1C. The first kappa shape index (κ1) is 19.3. The Morgan fingerprint density at radius 2 is 2.00 bits per heavy atom. The second-order valence-electron chi connectivity index (χ2n) is 8.26. The molecule has 0 spiro atoms. The number of rotatable bonds is 4. The first-order valence-electron chi connectivity index (χ1n) is 10.6. The number of nitrogens with zero attached hydrogens (tertiary/aromatic N) is 4. The van der Waals surface area contributed by atoms with Crippen LogP contribution < -0.4 is 5.56 Å². The molecule has 1 aliphatic rings.